The molecule has 1 fully saturated rings. The second kappa shape index (κ2) is 8.55. The molecule has 0 saturated carbocycles. The lowest BCUT2D eigenvalue weighted by molar-refractivity contribution is -0.856. The van der Waals surface area contributed by atoms with Gasteiger partial charge in [0.1, 0.15) is 12.9 Å². The Kier molecular flexibility index (Phi) is 5.89. The van der Waals surface area contributed by atoms with Crippen molar-refractivity contribution >= 4 is 23.8 Å². The maximum Gasteiger partial charge on any atom is 0.416 e. The number of benzene rings is 1. The molecule has 4 rings (SSSR count). The maximum absolute atomic E-state index is 13.1. The van der Waals surface area contributed by atoms with Crippen LogP contribution in [0.1, 0.15) is 11.1 Å². The number of carbonyl (C=O) groups excluding carboxylic acids is 2. The molecule has 1 saturated heterocycles. The van der Waals surface area contributed by atoms with Crippen molar-refractivity contribution in [3.63, 3.8) is 0 Å². The lowest BCUT2D eigenvalue weighted by Crippen LogP contribution is -3.24. The van der Waals surface area contributed by atoms with Crippen molar-refractivity contribution in [2.24, 2.45) is 4.99 Å². The number of aliphatic imine (C=N–C) groups is 1. The van der Waals surface area contributed by atoms with Crippen LogP contribution in [0.2, 0.25) is 0 Å². The van der Waals surface area contributed by atoms with Gasteiger partial charge in [-0.15, -0.1) is 5.10 Å². The summed E-state index contributed by atoms with van der Waals surface area (Å²) in [6.45, 7) is 2.01. The van der Waals surface area contributed by atoms with E-state index in [0.717, 1.165) is 23.3 Å². The van der Waals surface area contributed by atoms with Crippen LogP contribution in [0.15, 0.2) is 35.6 Å². The SMILES string of the molecule is O=C(/C=C\n1cnc(-c2cc(C(F)(F)F)cc(C(F)(F)F)c2)n1)N[NH+]1CCN2CCN=C2C1=O. The zero-order valence-corrected chi connectivity index (χ0v) is 17.1. The van der Waals surface area contributed by atoms with Crippen molar-refractivity contribution in [3.8, 4) is 11.4 Å². The summed E-state index contributed by atoms with van der Waals surface area (Å²) < 4.78 is 79.3. The molecule has 2 N–H and O–H groups in total. The van der Waals surface area contributed by atoms with Crippen LogP contribution in [0.3, 0.4) is 0 Å². The Morgan fingerprint density at radius 2 is 1.74 bits per heavy atom. The predicted molar refractivity (Wildman–Crippen MR) is 104 cm³/mol. The first-order chi connectivity index (χ1) is 15.9. The Morgan fingerprint density at radius 3 is 2.38 bits per heavy atom. The minimum absolute atomic E-state index is 0.00527. The number of nitrogens with one attached hydrogen (secondary N) is 2. The molecule has 1 unspecified atom stereocenters. The van der Waals surface area contributed by atoms with Crippen LogP contribution in [0.4, 0.5) is 26.3 Å². The molecule has 3 heterocycles. The van der Waals surface area contributed by atoms with Gasteiger partial charge >= 0.3 is 18.3 Å². The van der Waals surface area contributed by atoms with Gasteiger partial charge in [0.15, 0.2) is 5.82 Å². The standard InChI is InChI=1S/C19H15F6N7O2/c20-18(21,22)12-7-11(8-13(9-12)19(23,24)25)15-27-10-31(29-15)3-1-14(33)28-32-6-5-30-4-2-26-16(30)17(32)34/h1,3,7-10H,2,4-6H2,(H,28,33)/p+1/b3-1-. The number of amides is 2. The fourth-order valence-electron chi connectivity index (χ4n) is 3.43. The fourth-order valence-corrected chi connectivity index (χ4v) is 3.43. The normalized spacial score (nSPS) is 18.9. The van der Waals surface area contributed by atoms with Gasteiger partial charge in [-0.2, -0.15) is 36.8 Å². The summed E-state index contributed by atoms with van der Waals surface area (Å²) in [4.78, 5) is 34.2. The highest BCUT2D eigenvalue weighted by Gasteiger charge is 2.39. The molecular weight excluding hydrogens is 472 g/mol. The number of piperazine rings is 1. The van der Waals surface area contributed by atoms with E-state index in [4.69, 9.17) is 0 Å². The van der Waals surface area contributed by atoms with E-state index in [1.54, 1.807) is 0 Å². The second-order valence-corrected chi connectivity index (χ2v) is 7.40. The molecule has 1 aromatic heterocycles. The molecule has 2 amide bonds. The van der Waals surface area contributed by atoms with Crippen molar-refractivity contribution < 1.29 is 40.9 Å². The first kappa shape index (κ1) is 23.4. The maximum atomic E-state index is 13.1. The zero-order chi connectivity index (χ0) is 24.7. The van der Waals surface area contributed by atoms with E-state index in [1.165, 1.54) is 0 Å². The fraction of sp³-hybridized carbons (Fsp3) is 0.316. The lowest BCUT2D eigenvalue weighted by Gasteiger charge is -2.27. The predicted octanol–water partition coefficient (Wildman–Crippen LogP) is 0.624. The Hall–Kier alpha value is -3.75. The minimum Gasteiger partial charge on any atom is -0.341 e. The summed E-state index contributed by atoms with van der Waals surface area (Å²) in [7, 11) is 0. The van der Waals surface area contributed by atoms with Gasteiger partial charge in [0, 0.05) is 24.4 Å². The van der Waals surface area contributed by atoms with E-state index in [-0.39, 0.29) is 17.0 Å². The average molecular weight is 488 g/mol. The van der Waals surface area contributed by atoms with E-state index in [0.29, 0.717) is 44.1 Å². The average Bonchev–Trinajstić information content (AvgIpc) is 3.43. The number of hydrogen-bond acceptors (Lipinski definition) is 6. The van der Waals surface area contributed by atoms with Crippen molar-refractivity contribution in [2.75, 3.05) is 26.2 Å². The monoisotopic (exact) mass is 488 g/mol. The minimum atomic E-state index is -5.01. The van der Waals surface area contributed by atoms with Gasteiger partial charge in [-0.3, -0.25) is 9.79 Å². The summed E-state index contributed by atoms with van der Waals surface area (Å²) in [6, 6.07) is 1.02. The highest BCUT2D eigenvalue weighted by Crippen LogP contribution is 2.38. The summed E-state index contributed by atoms with van der Waals surface area (Å²) in [5.74, 6) is -1.16. The van der Waals surface area contributed by atoms with Crippen LogP contribution in [0.25, 0.3) is 17.6 Å². The van der Waals surface area contributed by atoms with Crippen LogP contribution in [-0.4, -0.2) is 63.5 Å². The van der Waals surface area contributed by atoms with Crippen LogP contribution in [0.5, 0.6) is 0 Å². The molecule has 0 radical (unpaired) electrons. The van der Waals surface area contributed by atoms with Crippen molar-refractivity contribution in [3.05, 3.63) is 41.7 Å². The highest BCUT2D eigenvalue weighted by atomic mass is 19.4. The van der Waals surface area contributed by atoms with Gasteiger partial charge in [0.25, 0.3) is 5.91 Å². The summed E-state index contributed by atoms with van der Waals surface area (Å²) in [5.41, 5.74) is -1.03. The number of fused-ring (bicyclic) bond motifs is 1. The van der Waals surface area contributed by atoms with E-state index in [1.807, 2.05) is 4.90 Å². The topological polar surface area (TPSA) is 96.9 Å². The smallest absolute Gasteiger partial charge is 0.341 e. The van der Waals surface area contributed by atoms with Crippen molar-refractivity contribution in [1.29, 1.82) is 0 Å². The number of nitrogens with zero attached hydrogens (tertiary/aromatic N) is 5. The Balaban J connectivity index is 1.48. The number of alkyl halides is 6. The van der Waals surface area contributed by atoms with Gasteiger partial charge < -0.3 is 4.90 Å². The number of aromatic nitrogens is 3. The van der Waals surface area contributed by atoms with Gasteiger partial charge in [0.2, 0.25) is 5.84 Å². The molecule has 2 aliphatic rings. The first-order valence-corrected chi connectivity index (χ1v) is 9.82. The molecule has 34 heavy (non-hydrogen) atoms. The highest BCUT2D eigenvalue weighted by molar-refractivity contribution is 6.34. The Labute approximate surface area is 187 Å². The Morgan fingerprint density at radius 1 is 1.06 bits per heavy atom. The third-order valence-electron chi connectivity index (χ3n) is 5.05. The van der Waals surface area contributed by atoms with Crippen LogP contribution in [-0.2, 0) is 21.9 Å². The molecule has 0 bridgehead atoms. The van der Waals surface area contributed by atoms with Gasteiger partial charge in [-0.1, -0.05) is 0 Å². The van der Waals surface area contributed by atoms with Crippen molar-refractivity contribution in [2.45, 2.75) is 12.4 Å². The third-order valence-corrected chi connectivity index (χ3v) is 5.05. The van der Waals surface area contributed by atoms with Crippen LogP contribution >= 0.6 is 0 Å². The molecule has 0 aliphatic carbocycles. The molecule has 1 aromatic carbocycles. The van der Waals surface area contributed by atoms with Gasteiger partial charge in [-0.05, 0) is 18.2 Å². The summed E-state index contributed by atoms with van der Waals surface area (Å²) in [5, 5.41) is 3.98. The molecular formula is C19H16F6N7O2+. The number of amidine groups is 1. The number of quaternary nitrogens is 1. The van der Waals surface area contributed by atoms with E-state index in [9.17, 15) is 35.9 Å². The molecule has 15 heteroatoms. The van der Waals surface area contributed by atoms with E-state index < -0.39 is 40.8 Å². The zero-order valence-electron chi connectivity index (χ0n) is 17.1. The largest absolute Gasteiger partial charge is 0.416 e. The molecule has 2 aromatic rings. The number of rotatable bonds is 4. The molecule has 180 valence electrons. The van der Waals surface area contributed by atoms with Gasteiger partial charge in [0.05, 0.1) is 24.2 Å². The van der Waals surface area contributed by atoms with Gasteiger partial charge in [-0.25, -0.2) is 14.5 Å². The molecule has 9 nitrogen and oxygen atoms in total. The van der Waals surface area contributed by atoms with E-state index in [2.05, 4.69) is 20.5 Å². The van der Waals surface area contributed by atoms with Crippen LogP contribution < -0.4 is 10.4 Å². The van der Waals surface area contributed by atoms with Crippen LogP contribution in [0, 0.1) is 0 Å². The van der Waals surface area contributed by atoms with E-state index >= 15 is 0 Å². The number of hydrogen-bond donors (Lipinski definition) is 2. The number of halogens is 6. The second-order valence-electron chi connectivity index (χ2n) is 7.40. The van der Waals surface area contributed by atoms with Crippen molar-refractivity contribution in [1.82, 2.24) is 25.1 Å². The summed E-state index contributed by atoms with van der Waals surface area (Å²) >= 11 is 0. The molecule has 1 atom stereocenters. The third kappa shape index (κ3) is 4.93. The number of carbonyl (C=O) groups is 2. The Bertz CT molecular complexity index is 1150. The lowest BCUT2D eigenvalue weighted by atomic mass is 10.0. The molecule has 0 spiro atoms. The summed E-state index contributed by atoms with van der Waals surface area (Å²) in [6.07, 6.45) is -6.92. The molecule has 2 aliphatic heterocycles. The first-order valence-electron chi connectivity index (χ1n) is 9.82. The quantitative estimate of drug-likeness (QED) is 0.486.